The van der Waals surface area contributed by atoms with Crippen LogP contribution in [-0.4, -0.2) is 51.7 Å². The molecule has 0 aliphatic carbocycles. The maximum absolute atomic E-state index is 9.19. The lowest BCUT2D eigenvalue weighted by Crippen LogP contribution is -2.22. The number of oxime groups is 1. The molecule has 4 N–H and O–H groups in total. The summed E-state index contributed by atoms with van der Waals surface area (Å²) in [6, 6.07) is 0. The minimum Gasteiger partial charge on any atom is -0.399 e. The Morgan fingerprint density at radius 2 is 2.27 bits per heavy atom. The van der Waals surface area contributed by atoms with Gasteiger partial charge in [0.25, 0.3) is 10.1 Å². The fourth-order valence-electron chi connectivity index (χ4n) is 1.08. The van der Waals surface area contributed by atoms with Crippen LogP contribution in [0.25, 0.3) is 0 Å². The maximum atomic E-state index is 9.19. The van der Waals surface area contributed by atoms with Gasteiger partial charge in [0.2, 0.25) is 0 Å². The molecule has 7 nitrogen and oxygen atoms in total. The molecule has 1 heterocycles. The van der Waals surface area contributed by atoms with Crippen LogP contribution in [0.3, 0.4) is 0 Å². The van der Waals surface area contributed by atoms with Crippen molar-refractivity contribution in [1.29, 1.82) is 0 Å². The van der Waals surface area contributed by atoms with Crippen LogP contribution >= 0.6 is 0 Å². The van der Waals surface area contributed by atoms with Gasteiger partial charge < -0.3 is 15.9 Å². The Morgan fingerprint density at radius 1 is 1.73 bits per heavy atom. The van der Waals surface area contributed by atoms with E-state index in [1.165, 1.54) is 0 Å². The van der Waals surface area contributed by atoms with Gasteiger partial charge in [-0.2, -0.15) is 8.42 Å². The summed E-state index contributed by atoms with van der Waals surface area (Å²) < 4.78 is 25.9. The van der Waals surface area contributed by atoms with Crippen molar-refractivity contribution in [2.45, 2.75) is 0 Å². The highest BCUT2D eigenvalue weighted by Gasteiger charge is 2.20. The van der Waals surface area contributed by atoms with Gasteiger partial charge in [-0.15, -0.1) is 0 Å². The summed E-state index contributed by atoms with van der Waals surface area (Å²) in [7, 11) is -2.11. The Balaban J connectivity index is 0.000000336. The zero-order valence-electron chi connectivity index (χ0n) is 8.80. The summed E-state index contributed by atoms with van der Waals surface area (Å²) in [5.74, 6) is 0.375. The van der Waals surface area contributed by atoms with Crippen molar-refractivity contribution in [3.63, 3.8) is 0 Å². The van der Waals surface area contributed by atoms with Gasteiger partial charge in [-0.3, -0.25) is 4.55 Å². The monoisotopic (exact) mass is 239 g/mol. The Morgan fingerprint density at radius 3 is 2.67 bits per heavy atom. The summed E-state index contributed by atoms with van der Waals surface area (Å²) >= 11 is 0. The van der Waals surface area contributed by atoms with Gasteiger partial charge in [-0.25, -0.2) is 0 Å². The normalized spacial score (nSPS) is 23.5. The number of hydrogen-bond acceptors (Lipinski definition) is 6. The first kappa shape index (κ1) is 14.3. The van der Waals surface area contributed by atoms with E-state index in [9.17, 15) is 8.42 Å². The molecule has 0 aromatic rings. The lowest BCUT2D eigenvalue weighted by Gasteiger charge is -2.03. The quantitative estimate of drug-likeness (QED) is 0.406. The average Bonchev–Trinajstić information content (AvgIpc) is 2.49. The topological polar surface area (TPSA) is 114 Å². The number of hydrogen-bond donors (Lipinski definition) is 3. The first-order chi connectivity index (χ1) is 6.88. The third-order valence-electron chi connectivity index (χ3n) is 1.66. The fraction of sp³-hybridized carbons (Fsp3) is 0.857. The smallest absolute Gasteiger partial charge is 0.261 e. The highest BCUT2D eigenvalue weighted by atomic mass is 32.2. The highest BCUT2D eigenvalue weighted by Crippen LogP contribution is 2.02. The molecule has 15 heavy (non-hydrogen) atoms. The van der Waals surface area contributed by atoms with Crippen molar-refractivity contribution in [2.75, 3.05) is 33.0 Å². The molecule has 0 aromatic carbocycles. The van der Waals surface area contributed by atoms with Gasteiger partial charge >= 0.3 is 0 Å². The van der Waals surface area contributed by atoms with Crippen LogP contribution in [0.1, 0.15) is 0 Å². The minimum absolute atomic E-state index is 0.375. The van der Waals surface area contributed by atoms with E-state index in [0.717, 1.165) is 18.8 Å². The summed E-state index contributed by atoms with van der Waals surface area (Å²) in [5.41, 5.74) is 6.51. The largest absolute Gasteiger partial charge is 0.399 e. The zero-order valence-corrected chi connectivity index (χ0v) is 9.62. The lowest BCUT2D eigenvalue weighted by molar-refractivity contribution is 0.211. The van der Waals surface area contributed by atoms with Crippen molar-refractivity contribution in [2.24, 2.45) is 16.8 Å². The molecule has 8 heteroatoms. The van der Waals surface area contributed by atoms with E-state index in [2.05, 4.69) is 15.3 Å². The van der Waals surface area contributed by atoms with Crippen LogP contribution in [-0.2, 0) is 15.0 Å². The van der Waals surface area contributed by atoms with Crippen molar-refractivity contribution in [3.05, 3.63) is 0 Å². The second-order valence-corrected chi connectivity index (χ2v) is 4.53. The third-order valence-corrected chi connectivity index (χ3v) is 1.66. The van der Waals surface area contributed by atoms with E-state index in [1.54, 1.807) is 7.11 Å². The summed E-state index contributed by atoms with van der Waals surface area (Å²) in [6.07, 6.45) is 0.715. The Hall–Kier alpha value is -0.700. The SMILES string of the molecule is CO/N=C1/CNCC1CN.CS(=O)(=O)O. The second-order valence-electron chi connectivity index (χ2n) is 3.06. The molecule has 1 unspecified atom stereocenters. The first-order valence-corrected chi connectivity index (χ1v) is 6.16. The molecule has 1 aliphatic rings. The van der Waals surface area contributed by atoms with Crippen LogP contribution < -0.4 is 11.1 Å². The molecular weight excluding hydrogens is 222 g/mol. The van der Waals surface area contributed by atoms with Crippen molar-refractivity contribution < 1.29 is 17.8 Å². The van der Waals surface area contributed by atoms with E-state index in [-0.39, 0.29) is 0 Å². The van der Waals surface area contributed by atoms with E-state index in [4.69, 9.17) is 10.3 Å². The average molecular weight is 239 g/mol. The van der Waals surface area contributed by atoms with Gasteiger partial charge in [0, 0.05) is 25.6 Å². The van der Waals surface area contributed by atoms with Gasteiger partial charge in [0.15, 0.2) is 0 Å². The third kappa shape index (κ3) is 8.30. The minimum atomic E-state index is -3.67. The number of rotatable bonds is 2. The second kappa shape index (κ2) is 6.72. The Bertz CT molecular complexity index is 293. The molecular formula is C7H17N3O4S. The predicted octanol–water partition coefficient (Wildman–Crippen LogP) is -1.33. The molecule has 0 spiro atoms. The molecule has 1 fully saturated rings. The van der Waals surface area contributed by atoms with Crippen LogP contribution in [0.5, 0.6) is 0 Å². The van der Waals surface area contributed by atoms with Gasteiger partial charge in [0.1, 0.15) is 7.11 Å². The van der Waals surface area contributed by atoms with Crippen LogP contribution in [0.4, 0.5) is 0 Å². The fourth-order valence-corrected chi connectivity index (χ4v) is 1.08. The lowest BCUT2D eigenvalue weighted by atomic mass is 10.1. The standard InChI is InChI=1S/C6H13N3O.CH4O3S/c1-10-9-6-4-8-3-5(6)2-7;1-5(2,3)4/h5,8H,2-4,7H2,1H3;1H3,(H,2,3,4)/b9-6-;. The molecule has 1 atom stereocenters. The molecule has 0 aromatic heterocycles. The van der Waals surface area contributed by atoms with E-state index in [1.807, 2.05) is 0 Å². The first-order valence-electron chi connectivity index (χ1n) is 4.31. The zero-order chi connectivity index (χ0) is 11.9. The molecule has 0 radical (unpaired) electrons. The molecule has 0 saturated carbocycles. The summed E-state index contributed by atoms with van der Waals surface area (Å²) in [4.78, 5) is 4.65. The molecule has 0 bridgehead atoms. The predicted molar refractivity (Wildman–Crippen MR) is 57.3 cm³/mol. The molecule has 1 aliphatic heterocycles. The van der Waals surface area contributed by atoms with E-state index >= 15 is 0 Å². The molecule has 1 rings (SSSR count). The van der Waals surface area contributed by atoms with Crippen molar-refractivity contribution >= 4 is 15.8 Å². The van der Waals surface area contributed by atoms with Crippen LogP contribution in [0, 0.1) is 5.92 Å². The van der Waals surface area contributed by atoms with Gasteiger partial charge in [-0.05, 0) is 0 Å². The molecule has 0 amide bonds. The summed E-state index contributed by atoms with van der Waals surface area (Å²) in [6.45, 7) is 2.39. The van der Waals surface area contributed by atoms with Gasteiger partial charge in [0.05, 0.1) is 12.0 Å². The highest BCUT2D eigenvalue weighted by molar-refractivity contribution is 7.85. The number of nitrogens with two attached hydrogens (primary N) is 1. The molecule has 1 saturated heterocycles. The van der Waals surface area contributed by atoms with Crippen LogP contribution in [0.2, 0.25) is 0 Å². The molecule has 90 valence electrons. The van der Waals surface area contributed by atoms with Crippen LogP contribution in [0.15, 0.2) is 5.16 Å². The Kier molecular flexibility index (Phi) is 6.41. The number of nitrogens with one attached hydrogen (secondary N) is 1. The van der Waals surface area contributed by atoms with E-state index in [0.29, 0.717) is 18.7 Å². The van der Waals surface area contributed by atoms with Gasteiger partial charge in [-0.1, -0.05) is 5.16 Å². The maximum Gasteiger partial charge on any atom is 0.261 e. The Labute approximate surface area is 89.4 Å². The number of nitrogens with zero attached hydrogens (tertiary/aromatic N) is 1. The van der Waals surface area contributed by atoms with E-state index < -0.39 is 10.1 Å². The van der Waals surface area contributed by atoms with Crippen molar-refractivity contribution in [1.82, 2.24) is 5.32 Å². The summed E-state index contributed by atoms with van der Waals surface area (Å²) in [5, 5.41) is 7.02. The van der Waals surface area contributed by atoms with Crippen molar-refractivity contribution in [3.8, 4) is 0 Å².